The van der Waals surface area contributed by atoms with Gasteiger partial charge in [-0.2, -0.15) is 17.6 Å². The fourth-order valence-electron chi connectivity index (χ4n) is 3.68. The summed E-state index contributed by atoms with van der Waals surface area (Å²) in [6.07, 6.45) is -7.52. The Kier molecular flexibility index (Phi) is 6.33. The number of nitrogens with one attached hydrogen (secondary N) is 1. The van der Waals surface area contributed by atoms with Crippen LogP contribution in [0.5, 0.6) is 5.75 Å². The first-order valence-electron chi connectivity index (χ1n) is 9.45. The average molecular weight is 476 g/mol. The highest BCUT2D eigenvalue weighted by Crippen LogP contribution is 2.51. The minimum absolute atomic E-state index is 0.143. The number of primary amides is 1. The van der Waals surface area contributed by atoms with Crippen molar-refractivity contribution in [3.05, 3.63) is 58.9 Å². The summed E-state index contributed by atoms with van der Waals surface area (Å²) in [5, 5.41) is 2.24. The van der Waals surface area contributed by atoms with Gasteiger partial charge >= 0.3 is 6.18 Å². The van der Waals surface area contributed by atoms with E-state index < -0.39 is 70.8 Å². The SMILES string of the molecule is COc1c([C@@H]2C[C@](C)(C(F)(F)F)O[C@@H]2C(=O)Nc2ccc(F)c(C(N)=O)c2)ccc(F)c1F. The van der Waals surface area contributed by atoms with Gasteiger partial charge in [-0.25, -0.2) is 8.78 Å². The van der Waals surface area contributed by atoms with Crippen molar-refractivity contribution in [1.82, 2.24) is 0 Å². The van der Waals surface area contributed by atoms with Gasteiger partial charge in [0, 0.05) is 17.2 Å². The third-order valence-electron chi connectivity index (χ3n) is 5.40. The first kappa shape index (κ1) is 24.4. The zero-order valence-corrected chi connectivity index (χ0v) is 17.2. The minimum atomic E-state index is -4.90. The van der Waals surface area contributed by atoms with Crippen molar-refractivity contribution in [2.24, 2.45) is 5.73 Å². The van der Waals surface area contributed by atoms with Crippen molar-refractivity contribution < 1.29 is 45.4 Å². The molecule has 1 aliphatic rings. The van der Waals surface area contributed by atoms with Crippen LogP contribution in [0.3, 0.4) is 0 Å². The maximum absolute atomic E-state index is 14.2. The predicted molar refractivity (Wildman–Crippen MR) is 103 cm³/mol. The third-order valence-corrected chi connectivity index (χ3v) is 5.40. The van der Waals surface area contributed by atoms with Crippen LogP contribution in [0.2, 0.25) is 0 Å². The molecule has 2 amide bonds. The van der Waals surface area contributed by atoms with Crippen LogP contribution in [0.4, 0.5) is 32.0 Å². The normalized spacial score (nSPS) is 22.8. The van der Waals surface area contributed by atoms with E-state index in [2.05, 4.69) is 5.32 Å². The smallest absolute Gasteiger partial charge is 0.417 e. The molecule has 6 nitrogen and oxygen atoms in total. The number of alkyl halides is 3. The lowest BCUT2D eigenvalue weighted by Crippen LogP contribution is -2.43. The lowest BCUT2D eigenvalue weighted by molar-refractivity contribution is -0.261. The molecule has 1 aliphatic heterocycles. The molecule has 0 bridgehead atoms. The molecule has 3 rings (SSSR count). The minimum Gasteiger partial charge on any atom is -0.493 e. The van der Waals surface area contributed by atoms with Gasteiger partial charge in [0.2, 0.25) is 5.82 Å². The van der Waals surface area contributed by atoms with Crippen LogP contribution >= 0.6 is 0 Å². The second kappa shape index (κ2) is 8.58. The van der Waals surface area contributed by atoms with Crippen molar-refractivity contribution in [2.45, 2.75) is 37.1 Å². The third kappa shape index (κ3) is 4.47. The number of benzene rings is 2. The molecule has 2 aromatic carbocycles. The van der Waals surface area contributed by atoms with E-state index in [-0.39, 0.29) is 11.3 Å². The predicted octanol–water partition coefficient (Wildman–Crippen LogP) is 4.04. The molecular weight excluding hydrogens is 458 g/mol. The summed E-state index contributed by atoms with van der Waals surface area (Å²) in [6.45, 7) is 0.725. The van der Waals surface area contributed by atoms with Gasteiger partial charge in [0.1, 0.15) is 11.9 Å². The Morgan fingerprint density at radius 1 is 1.15 bits per heavy atom. The molecule has 0 aliphatic carbocycles. The summed E-state index contributed by atoms with van der Waals surface area (Å²) < 4.78 is 92.6. The molecule has 0 unspecified atom stereocenters. The van der Waals surface area contributed by atoms with Crippen LogP contribution in [0, 0.1) is 17.5 Å². The number of hydrogen-bond acceptors (Lipinski definition) is 4. The highest BCUT2D eigenvalue weighted by Gasteiger charge is 2.61. The van der Waals surface area contributed by atoms with Gasteiger partial charge in [-0.05, 0) is 37.6 Å². The van der Waals surface area contributed by atoms with Gasteiger partial charge in [0.15, 0.2) is 17.2 Å². The number of rotatable bonds is 5. The number of hydrogen-bond donors (Lipinski definition) is 2. The Labute approximate surface area is 183 Å². The molecular formula is C21H18F6N2O4. The van der Waals surface area contributed by atoms with Crippen LogP contribution in [-0.2, 0) is 9.53 Å². The zero-order valence-electron chi connectivity index (χ0n) is 17.2. The standard InChI is InChI=1S/C21H18F6N2O4/c1-20(21(25,26)27)8-12(10-4-6-14(23)15(24)16(10)32-2)17(33-20)19(31)29-9-3-5-13(22)11(7-9)18(28)30/h3-7,12,17H,8H2,1-2H3,(H2,28,30)(H,29,31)/t12-,17-,20+/m0/s1. The lowest BCUT2D eigenvalue weighted by Gasteiger charge is -2.27. The molecule has 0 aromatic heterocycles. The van der Waals surface area contributed by atoms with Gasteiger partial charge in [-0.1, -0.05) is 6.07 Å². The Hall–Kier alpha value is -3.28. The van der Waals surface area contributed by atoms with Crippen molar-refractivity contribution >= 4 is 17.5 Å². The molecule has 33 heavy (non-hydrogen) atoms. The van der Waals surface area contributed by atoms with Crippen LogP contribution in [0.25, 0.3) is 0 Å². The maximum atomic E-state index is 14.2. The topological polar surface area (TPSA) is 90.7 Å². The van der Waals surface area contributed by atoms with Crippen LogP contribution < -0.4 is 15.8 Å². The molecule has 1 saturated heterocycles. The second-order valence-corrected chi connectivity index (χ2v) is 7.61. The van der Waals surface area contributed by atoms with Gasteiger partial charge in [0.25, 0.3) is 11.8 Å². The van der Waals surface area contributed by atoms with Gasteiger partial charge in [0.05, 0.1) is 12.7 Å². The Morgan fingerprint density at radius 3 is 2.36 bits per heavy atom. The molecule has 1 heterocycles. The number of anilines is 1. The first-order valence-corrected chi connectivity index (χ1v) is 9.45. The number of halogens is 6. The number of nitrogens with two attached hydrogens (primary N) is 1. The van der Waals surface area contributed by atoms with E-state index in [1.165, 1.54) is 0 Å². The molecule has 0 radical (unpaired) electrons. The van der Waals surface area contributed by atoms with E-state index in [4.69, 9.17) is 15.2 Å². The number of methoxy groups -OCH3 is 1. The largest absolute Gasteiger partial charge is 0.493 e. The van der Waals surface area contributed by atoms with Gasteiger partial charge < -0.3 is 20.5 Å². The van der Waals surface area contributed by atoms with E-state index in [9.17, 15) is 35.9 Å². The van der Waals surface area contributed by atoms with E-state index in [0.29, 0.717) is 6.07 Å². The summed E-state index contributed by atoms with van der Waals surface area (Å²) in [6, 6.07) is 4.51. The van der Waals surface area contributed by atoms with Gasteiger partial charge in [-0.3, -0.25) is 9.59 Å². The molecule has 0 saturated carbocycles. The van der Waals surface area contributed by atoms with E-state index in [1.807, 2.05) is 0 Å². The summed E-state index contributed by atoms with van der Waals surface area (Å²) in [4.78, 5) is 24.2. The Morgan fingerprint density at radius 2 is 1.79 bits per heavy atom. The van der Waals surface area contributed by atoms with Crippen molar-refractivity contribution in [2.75, 3.05) is 12.4 Å². The molecule has 3 atom stereocenters. The molecule has 3 N–H and O–H groups in total. The highest BCUT2D eigenvalue weighted by atomic mass is 19.4. The summed E-state index contributed by atoms with van der Waals surface area (Å²) in [7, 11) is 0.999. The molecule has 0 spiro atoms. The summed E-state index contributed by atoms with van der Waals surface area (Å²) in [5.41, 5.74) is 1.35. The summed E-state index contributed by atoms with van der Waals surface area (Å²) >= 11 is 0. The van der Waals surface area contributed by atoms with Crippen molar-refractivity contribution in [3.8, 4) is 5.75 Å². The summed E-state index contributed by atoms with van der Waals surface area (Å²) in [5.74, 6) is -7.97. The van der Waals surface area contributed by atoms with E-state index in [0.717, 1.165) is 38.3 Å². The first-order chi connectivity index (χ1) is 15.3. The molecule has 12 heteroatoms. The maximum Gasteiger partial charge on any atom is 0.417 e. The van der Waals surface area contributed by atoms with Gasteiger partial charge in [-0.15, -0.1) is 0 Å². The Bertz CT molecular complexity index is 1110. The van der Waals surface area contributed by atoms with Crippen LogP contribution in [0.1, 0.15) is 35.2 Å². The molecule has 178 valence electrons. The monoisotopic (exact) mass is 476 g/mol. The van der Waals surface area contributed by atoms with Crippen LogP contribution in [-0.4, -0.2) is 36.8 Å². The van der Waals surface area contributed by atoms with E-state index in [1.54, 1.807) is 0 Å². The highest BCUT2D eigenvalue weighted by molar-refractivity contribution is 5.98. The molecule has 1 fully saturated rings. The quantitative estimate of drug-likeness (QED) is 0.638. The lowest BCUT2D eigenvalue weighted by atomic mass is 9.85. The fraction of sp³-hybridized carbons (Fsp3) is 0.333. The fourth-order valence-corrected chi connectivity index (χ4v) is 3.68. The van der Waals surface area contributed by atoms with Crippen LogP contribution in [0.15, 0.2) is 30.3 Å². The number of amides is 2. The Balaban J connectivity index is 2.02. The number of carbonyl (C=O) groups is 2. The van der Waals surface area contributed by atoms with Crippen molar-refractivity contribution in [3.63, 3.8) is 0 Å². The van der Waals surface area contributed by atoms with Crippen molar-refractivity contribution in [1.29, 1.82) is 0 Å². The number of ether oxygens (including phenoxy) is 2. The van der Waals surface area contributed by atoms with E-state index >= 15 is 0 Å². The molecule has 2 aromatic rings. The average Bonchev–Trinajstić information content (AvgIpc) is 3.10. The second-order valence-electron chi connectivity index (χ2n) is 7.61. The zero-order chi connectivity index (χ0) is 24.7. The number of carbonyl (C=O) groups excluding carboxylic acids is 2.